The van der Waals surface area contributed by atoms with E-state index in [1.807, 2.05) is 0 Å². The van der Waals surface area contributed by atoms with E-state index < -0.39 is 0 Å². The fourth-order valence-electron chi connectivity index (χ4n) is 1.58. The van der Waals surface area contributed by atoms with Crippen LogP contribution in [-0.2, 0) is 4.79 Å². The number of carbonyl (C=O) groups is 1. The van der Waals surface area contributed by atoms with Gasteiger partial charge in [0.15, 0.2) is 0 Å². The number of nitrogens with two attached hydrogens (primary N) is 1. The van der Waals surface area contributed by atoms with Gasteiger partial charge in [0.25, 0.3) is 0 Å². The Bertz CT molecular complexity index is 393. The molecule has 0 aliphatic carbocycles. The van der Waals surface area contributed by atoms with E-state index >= 15 is 0 Å². The number of halogens is 1. The predicted octanol–water partition coefficient (Wildman–Crippen LogP) is 1.56. The highest BCUT2D eigenvalue weighted by Crippen LogP contribution is 2.19. The second kappa shape index (κ2) is 6.81. The van der Waals surface area contributed by atoms with Crippen LogP contribution in [0, 0.1) is 5.82 Å². The molecule has 0 aliphatic rings. The van der Waals surface area contributed by atoms with Gasteiger partial charge in [-0.1, -0.05) is 18.2 Å². The van der Waals surface area contributed by atoms with Crippen LogP contribution in [-0.4, -0.2) is 19.0 Å². The molecular formula is C13H17FN2O. The summed E-state index contributed by atoms with van der Waals surface area (Å²) in [6, 6.07) is 6.18. The molecule has 0 heterocycles. The fourth-order valence-corrected chi connectivity index (χ4v) is 1.58. The number of hydrogen-bond donors (Lipinski definition) is 2. The van der Waals surface area contributed by atoms with Crippen LogP contribution >= 0.6 is 0 Å². The molecule has 0 spiro atoms. The summed E-state index contributed by atoms with van der Waals surface area (Å²) in [5, 5.41) is 2.68. The summed E-state index contributed by atoms with van der Waals surface area (Å²) in [6.07, 6.45) is 1.87. The van der Waals surface area contributed by atoms with Crippen molar-refractivity contribution in [3.05, 3.63) is 48.3 Å². The molecule has 3 nitrogen and oxygen atoms in total. The number of nitrogens with one attached hydrogen (secondary N) is 1. The molecule has 0 saturated heterocycles. The number of carbonyl (C=O) groups excluding carboxylic acids is 1. The summed E-state index contributed by atoms with van der Waals surface area (Å²) in [7, 11) is 0. The van der Waals surface area contributed by atoms with Crippen molar-refractivity contribution in [3.8, 4) is 0 Å². The highest BCUT2D eigenvalue weighted by atomic mass is 19.1. The van der Waals surface area contributed by atoms with Crippen LogP contribution in [0.2, 0.25) is 0 Å². The SMILES string of the molecule is C=CCNC(=O)CC(CN)c1cccc(F)c1. The Morgan fingerprint density at radius 3 is 2.94 bits per heavy atom. The monoisotopic (exact) mass is 236 g/mol. The normalized spacial score (nSPS) is 11.9. The molecule has 0 aromatic heterocycles. The van der Waals surface area contributed by atoms with Crippen LogP contribution in [0.5, 0.6) is 0 Å². The minimum atomic E-state index is -0.313. The van der Waals surface area contributed by atoms with Gasteiger partial charge in [0, 0.05) is 18.9 Å². The van der Waals surface area contributed by atoms with E-state index in [-0.39, 0.29) is 24.1 Å². The van der Waals surface area contributed by atoms with Crippen molar-refractivity contribution in [2.45, 2.75) is 12.3 Å². The Kier molecular flexibility index (Phi) is 5.36. The van der Waals surface area contributed by atoms with Crippen LogP contribution in [0.25, 0.3) is 0 Å². The summed E-state index contributed by atoms with van der Waals surface area (Å²) in [6.45, 7) is 4.25. The summed E-state index contributed by atoms with van der Waals surface area (Å²) in [4.78, 5) is 11.5. The molecule has 1 rings (SSSR count). The molecule has 1 amide bonds. The van der Waals surface area contributed by atoms with Crippen LogP contribution < -0.4 is 11.1 Å². The van der Waals surface area contributed by atoms with Crippen molar-refractivity contribution in [1.82, 2.24) is 5.32 Å². The van der Waals surface area contributed by atoms with Crippen molar-refractivity contribution in [1.29, 1.82) is 0 Å². The molecule has 0 aliphatic heterocycles. The molecule has 1 atom stereocenters. The zero-order valence-corrected chi connectivity index (χ0v) is 9.66. The van der Waals surface area contributed by atoms with Crippen LogP contribution in [0.3, 0.4) is 0 Å². The summed E-state index contributed by atoms with van der Waals surface area (Å²) in [5.74, 6) is -0.576. The number of hydrogen-bond acceptors (Lipinski definition) is 2. The van der Waals surface area contributed by atoms with Gasteiger partial charge in [0.05, 0.1) is 0 Å². The van der Waals surface area contributed by atoms with Gasteiger partial charge in [0.2, 0.25) is 5.91 Å². The maximum absolute atomic E-state index is 13.0. The van der Waals surface area contributed by atoms with Crippen molar-refractivity contribution in [3.63, 3.8) is 0 Å². The Hall–Kier alpha value is -1.68. The van der Waals surface area contributed by atoms with Gasteiger partial charge in [-0.25, -0.2) is 4.39 Å². The highest BCUT2D eigenvalue weighted by molar-refractivity contribution is 5.77. The van der Waals surface area contributed by atoms with Crippen LogP contribution in [0.1, 0.15) is 17.9 Å². The molecule has 3 N–H and O–H groups in total. The van der Waals surface area contributed by atoms with Crippen molar-refractivity contribution < 1.29 is 9.18 Å². The molecule has 17 heavy (non-hydrogen) atoms. The summed E-state index contributed by atoms with van der Waals surface area (Å²) >= 11 is 0. The molecule has 0 fully saturated rings. The molecule has 0 saturated carbocycles. The molecule has 4 heteroatoms. The van der Waals surface area contributed by atoms with E-state index in [0.717, 1.165) is 5.56 Å². The molecule has 1 aromatic carbocycles. The van der Waals surface area contributed by atoms with Crippen molar-refractivity contribution in [2.24, 2.45) is 5.73 Å². The average molecular weight is 236 g/mol. The molecular weight excluding hydrogens is 219 g/mol. The number of benzene rings is 1. The number of amides is 1. The second-order valence-electron chi connectivity index (χ2n) is 3.78. The zero-order chi connectivity index (χ0) is 12.7. The summed E-state index contributed by atoms with van der Waals surface area (Å²) in [5.41, 5.74) is 6.36. The van der Waals surface area contributed by atoms with Gasteiger partial charge in [-0.2, -0.15) is 0 Å². The third-order valence-corrected chi connectivity index (χ3v) is 2.48. The van der Waals surface area contributed by atoms with Gasteiger partial charge in [-0.3, -0.25) is 4.79 Å². The van der Waals surface area contributed by atoms with E-state index in [9.17, 15) is 9.18 Å². The molecule has 0 bridgehead atoms. The average Bonchev–Trinajstić information content (AvgIpc) is 2.33. The Morgan fingerprint density at radius 1 is 1.59 bits per heavy atom. The third kappa shape index (κ3) is 4.36. The van der Waals surface area contributed by atoms with Crippen LogP contribution in [0.4, 0.5) is 4.39 Å². The molecule has 0 radical (unpaired) electrons. The zero-order valence-electron chi connectivity index (χ0n) is 9.66. The van der Waals surface area contributed by atoms with E-state index in [2.05, 4.69) is 11.9 Å². The van der Waals surface area contributed by atoms with Crippen molar-refractivity contribution >= 4 is 5.91 Å². The molecule has 1 unspecified atom stereocenters. The smallest absolute Gasteiger partial charge is 0.220 e. The Labute approximate surface area is 101 Å². The number of rotatable bonds is 6. The van der Waals surface area contributed by atoms with Gasteiger partial charge in [-0.15, -0.1) is 6.58 Å². The first kappa shape index (κ1) is 13.4. The molecule has 1 aromatic rings. The predicted molar refractivity (Wildman–Crippen MR) is 66.0 cm³/mol. The van der Waals surface area contributed by atoms with Gasteiger partial charge in [-0.05, 0) is 24.2 Å². The summed E-state index contributed by atoms with van der Waals surface area (Å²) < 4.78 is 13.0. The van der Waals surface area contributed by atoms with Gasteiger partial charge < -0.3 is 11.1 Å². The first-order chi connectivity index (χ1) is 8.17. The fraction of sp³-hybridized carbons (Fsp3) is 0.308. The second-order valence-corrected chi connectivity index (χ2v) is 3.78. The van der Waals surface area contributed by atoms with E-state index in [0.29, 0.717) is 13.1 Å². The lowest BCUT2D eigenvalue weighted by molar-refractivity contribution is -0.121. The lowest BCUT2D eigenvalue weighted by Crippen LogP contribution is -2.27. The highest BCUT2D eigenvalue weighted by Gasteiger charge is 2.14. The van der Waals surface area contributed by atoms with E-state index in [1.54, 1.807) is 18.2 Å². The maximum Gasteiger partial charge on any atom is 0.220 e. The lowest BCUT2D eigenvalue weighted by Gasteiger charge is -2.14. The van der Waals surface area contributed by atoms with E-state index in [1.165, 1.54) is 12.1 Å². The Morgan fingerprint density at radius 2 is 2.35 bits per heavy atom. The first-order valence-electron chi connectivity index (χ1n) is 5.50. The molecule has 92 valence electrons. The third-order valence-electron chi connectivity index (χ3n) is 2.48. The minimum Gasteiger partial charge on any atom is -0.353 e. The quantitative estimate of drug-likeness (QED) is 0.736. The minimum absolute atomic E-state index is 0.107. The van der Waals surface area contributed by atoms with Crippen molar-refractivity contribution in [2.75, 3.05) is 13.1 Å². The van der Waals surface area contributed by atoms with E-state index in [4.69, 9.17) is 5.73 Å². The topological polar surface area (TPSA) is 55.1 Å². The standard InChI is InChI=1S/C13H17FN2O/c1-2-6-16-13(17)8-11(9-15)10-4-3-5-12(14)7-10/h2-5,7,11H,1,6,8-9,15H2,(H,16,17). The maximum atomic E-state index is 13.0. The first-order valence-corrected chi connectivity index (χ1v) is 5.50. The van der Waals surface area contributed by atoms with Gasteiger partial charge >= 0.3 is 0 Å². The lowest BCUT2D eigenvalue weighted by atomic mass is 9.95. The van der Waals surface area contributed by atoms with Crippen LogP contribution in [0.15, 0.2) is 36.9 Å². The van der Waals surface area contributed by atoms with Gasteiger partial charge in [0.1, 0.15) is 5.82 Å². The largest absolute Gasteiger partial charge is 0.353 e. The Balaban J connectivity index is 2.65.